The number of nitrogens with zero attached hydrogens (tertiary/aromatic N) is 3. The predicted molar refractivity (Wildman–Crippen MR) is 112 cm³/mol. The largest absolute Gasteiger partial charge is 0.493 e. The number of carbonyl (C=O) groups excluding carboxylic acids is 1. The van der Waals surface area contributed by atoms with Crippen LogP contribution in [0, 0.1) is 11.3 Å². The Kier molecular flexibility index (Phi) is 7.09. The van der Waals surface area contributed by atoms with Crippen molar-refractivity contribution in [2.24, 2.45) is 0 Å². The molecular weight excluding hydrogens is 366 g/mol. The van der Waals surface area contributed by atoms with Crippen molar-refractivity contribution in [1.82, 2.24) is 4.90 Å². The van der Waals surface area contributed by atoms with Crippen molar-refractivity contribution in [3.05, 3.63) is 54.1 Å². The van der Waals surface area contributed by atoms with Gasteiger partial charge in [-0.1, -0.05) is 24.3 Å². The number of benzene rings is 2. The van der Waals surface area contributed by atoms with Gasteiger partial charge in [-0.3, -0.25) is 9.69 Å². The molecule has 1 saturated heterocycles. The standard InChI is InChI=1S/C23H27N3O3/c1-28-21-12-11-18(16-22(21)29-2)20-10-6-14-25(20)17-23(27)26(15-7-13-24)19-8-4-3-5-9-19/h3-5,8-9,11-12,16,20H,6-7,10,14-15,17H2,1-2H3. The molecule has 1 fully saturated rings. The molecular formula is C23H27N3O3. The number of hydrogen-bond acceptors (Lipinski definition) is 5. The van der Waals surface area contributed by atoms with Crippen LogP contribution in [0.4, 0.5) is 5.69 Å². The summed E-state index contributed by atoms with van der Waals surface area (Å²) in [5, 5.41) is 8.99. The van der Waals surface area contributed by atoms with E-state index in [1.807, 2.05) is 48.5 Å². The van der Waals surface area contributed by atoms with Crippen LogP contribution in [0.5, 0.6) is 11.5 Å². The second kappa shape index (κ2) is 9.94. The van der Waals surface area contributed by atoms with E-state index in [0.29, 0.717) is 31.0 Å². The first kappa shape index (κ1) is 20.7. The Morgan fingerprint density at radius 1 is 1.17 bits per heavy atom. The Morgan fingerprint density at radius 3 is 2.62 bits per heavy atom. The Labute approximate surface area is 172 Å². The van der Waals surface area contributed by atoms with E-state index in [-0.39, 0.29) is 11.9 Å². The van der Waals surface area contributed by atoms with E-state index in [1.165, 1.54) is 0 Å². The second-order valence-corrected chi connectivity index (χ2v) is 7.03. The fourth-order valence-electron chi connectivity index (χ4n) is 3.88. The van der Waals surface area contributed by atoms with Gasteiger partial charge >= 0.3 is 0 Å². The van der Waals surface area contributed by atoms with Crippen molar-refractivity contribution < 1.29 is 14.3 Å². The number of hydrogen-bond donors (Lipinski definition) is 0. The van der Waals surface area contributed by atoms with E-state index in [9.17, 15) is 4.79 Å². The molecule has 152 valence electrons. The molecule has 1 heterocycles. The zero-order valence-corrected chi connectivity index (χ0v) is 17.0. The van der Waals surface area contributed by atoms with Gasteiger partial charge in [0.15, 0.2) is 11.5 Å². The normalized spacial score (nSPS) is 16.2. The summed E-state index contributed by atoms with van der Waals surface area (Å²) in [4.78, 5) is 17.1. The molecule has 1 unspecified atom stereocenters. The smallest absolute Gasteiger partial charge is 0.241 e. The number of amides is 1. The Hall–Kier alpha value is -3.04. The zero-order valence-electron chi connectivity index (χ0n) is 17.0. The average molecular weight is 393 g/mol. The fraction of sp³-hybridized carbons (Fsp3) is 0.391. The van der Waals surface area contributed by atoms with Gasteiger partial charge < -0.3 is 14.4 Å². The minimum absolute atomic E-state index is 0.0128. The Balaban J connectivity index is 1.77. The first-order valence-electron chi connectivity index (χ1n) is 9.86. The maximum atomic E-state index is 13.1. The van der Waals surface area contributed by atoms with E-state index in [1.54, 1.807) is 19.1 Å². The van der Waals surface area contributed by atoms with Crippen molar-refractivity contribution in [2.75, 3.05) is 38.8 Å². The number of para-hydroxylation sites is 1. The lowest BCUT2D eigenvalue weighted by molar-refractivity contribution is -0.120. The summed E-state index contributed by atoms with van der Waals surface area (Å²) in [5.41, 5.74) is 1.95. The number of nitriles is 1. The number of anilines is 1. The zero-order chi connectivity index (χ0) is 20.6. The molecule has 0 radical (unpaired) electrons. The lowest BCUT2D eigenvalue weighted by Gasteiger charge is -2.28. The maximum Gasteiger partial charge on any atom is 0.241 e. The molecule has 29 heavy (non-hydrogen) atoms. The first-order chi connectivity index (χ1) is 14.2. The van der Waals surface area contributed by atoms with Gasteiger partial charge in [0.1, 0.15) is 0 Å². The number of likely N-dealkylation sites (tertiary alicyclic amines) is 1. The highest BCUT2D eigenvalue weighted by molar-refractivity contribution is 5.94. The van der Waals surface area contributed by atoms with Gasteiger partial charge in [0.2, 0.25) is 5.91 Å². The molecule has 6 heteroatoms. The molecule has 6 nitrogen and oxygen atoms in total. The van der Waals surface area contributed by atoms with Crippen LogP contribution in [0.2, 0.25) is 0 Å². The van der Waals surface area contributed by atoms with E-state index in [0.717, 1.165) is 30.6 Å². The van der Waals surface area contributed by atoms with Crippen molar-refractivity contribution in [1.29, 1.82) is 5.26 Å². The van der Waals surface area contributed by atoms with Gasteiger partial charge in [-0.15, -0.1) is 0 Å². The predicted octanol–water partition coefficient (Wildman–Crippen LogP) is 3.79. The van der Waals surface area contributed by atoms with Gasteiger partial charge in [0, 0.05) is 18.3 Å². The number of carbonyl (C=O) groups is 1. The van der Waals surface area contributed by atoms with E-state index < -0.39 is 0 Å². The van der Waals surface area contributed by atoms with Crippen molar-refractivity contribution in [2.45, 2.75) is 25.3 Å². The summed E-state index contributed by atoms with van der Waals surface area (Å²) in [5.74, 6) is 1.41. The average Bonchev–Trinajstić information content (AvgIpc) is 3.22. The molecule has 0 aromatic heterocycles. The molecule has 0 aliphatic carbocycles. The van der Waals surface area contributed by atoms with Crippen molar-refractivity contribution >= 4 is 11.6 Å². The highest BCUT2D eigenvalue weighted by atomic mass is 16.5. The van der Waals surface area contributed by atoms with Gasteiger partial charge in [-0.25, -0.2) is 0 Å². The lowest BCUT2D eigenvalue weighted by Crippen LogP contribution is -2.40. The molecule has 2 aromatic carbocycles. The molecule has 1 amide bonds. The van der Waals surface area contributed by atoms with Gasteiger partial charge in [-0.2, -0.15) is 5.26 Å². The highest BCUT2D eigenvalue weighted by Gasteiger charge is 2.30. The Bertz CT molecular complexity index is 863. The summed E-state index contributed by atoms with van der Waals surface area (Å²) in [6.45, 7) is 1.58. The quantitative estimate of drug-likeness (QED) is 0.683. The summed E-state index contributed by atoms with van der Waals surface area (Å²) < 4.78 is 10.8. The van der Waals surface area contributed by atoms with Crippen LogP contribution in [0.15, 0.2) is 48.5 Å². The van der Waals surface area contributed by atoms with Crippen LogP contribution >= 0.6 is 0 Å². The summed E-state index contributed by atoms with van der Waals surface area (Å²) in [6.07, 6.45) is 2.34. The van der Waals surface area contributed by atoms with E-state index in [2.05, 4.69) is 11.0 Å². The maximum absolute atomic E-state index is 13.1. The van der Waals surface area contributed by atoms with Gasteiger partial charge in [0.25, 0.3) is 0 Å². The topological polar surface area (TPSA) is 65.8 Å². The number of methoxy groups -OCH3 is 2. The molecule has 0 bridgehead atoms. The Morgan fingerprint density at radius 2 is 1.93 bits per heavy atom. The van der Waals surface area contributed by atoms with Crippen LogP contribution in [0.1, 0.15) is 30.9 Å². The second-order valence-electron chi connectivity index (χ2n) is 7.03. The summed E-state index contributed by atoms with van der Waals surface area (Å²) in [7, 11) is 3.25. The number of rotatable bonds is 8. The van der Waals surface area contributed by atoms with Crippen LogP contribution in [0.25, 0.3) is 0 Å². The SMILES string of the molecule is COc1ccc(C2CCCN2CC(=O)N(CCC#N)c2ccccc2)cc1OC. The third kappa shape index (κ3) is 4.87. The molecule has 0 N–H and O–H groups in total. The van der Waals surface area contributed by atoms with Gasteiger partial charge in [0.05, 0.1) is 33.3 Å². The molecule has 0 spiro atoms. The molecule has 0 saturated carbocycles. The monoisotopic (exact) mass is 393 g/mol. The minimum atomic E-state index is 0.0128. The molecule has 2 aromatic rings. The number of ether oxygens (including phenoxy) is 2. The molecule has 1 atom stereocenters. The van der Waals surface area contributed by atoms with Crippen LogP contribution in [0.3, 0.4) is 0 Å². The van der Waals surface area contributed by atoms with Crippen LogP contribution < -0.4 is 14.4 Å². The van der Waals surface area contributed by atoms with Crippen LogP contribution in [-0.2, 0) is 4.79 Å². The summed E-state index contributed by atoms with van der Waals surface area (Å²) in [6, 6.07) is 17.8. The third-order valence-corrected chi connectivity index (χ3v) is 5.31. The molecule has 1 aliphatic rings. The minimum Gasteiger partial charge on any atom is -0.493 e. The van der Waals surface area contributed by atoms with Crippen molar-refractivity contribution in [3.63, 3.8) is 0 Å². The highest BCUT2D eigenvalue weighted by Crippen LogP contribution is 2.36. The molecule has 3 rings (SSSR count). The summed E-state index contributed by atoms with van der Waals surface area (Å²) >= 11 is 0. The third-order valence-electron chi connectivity index (χ3n) is 5.31. The van der Waals surface area contributed by atoms with E-state index in [4.69, 9.17) is 14.7 Å². The van der Waals surface area contributed by atoms with Crippen molar-refractivity contribution in [3.8, 4) is 17.6 Å². The fourth-order valence-corrected chi connectivity index (χ4v) is 3.88. The molecule has 1 aliphatic heterocycles. The lowest BCUT2D eigenvalue weighted by atomic mass is 10.0. The van der Waals surface area contributed by atoms with E-state index >= 15 is 0 Å². The first-order valence-corrected chi connectivity index (χ1v) is 9.86. The van der Waals surface area contributed by atoms with Gasteiger partial charge in [-0.05, 0) is 49.2 Å². The van der Waals surface area contributed by atoms with Crippen LogP contribution in [-0.4, -0.2) is 44.7 Å².